The second kappa shape index (κ2) is 9.81. The highest BCUT2D eigenvalue weighted by Crippen LogP contribution is 2.23. The Balaban J connectivity index is 1.34. The molecule has 0 saturated carbocycles. The van der Waals surface area contributed by atoms with Crippen molar-refractivity contribution >= 4 is 17.5 Å². The van der Waals surface area contributed by atoms with Gasteiger partial charge >= 0.3 is 0 Å². The van der Waals surface area contributed by atoms with E-state index in [9.17, 15) is 14.0 Å². The lowest BCUT2D eigenvalue weighted by Crippen LogP contribution is -2.43. The van der Waals surface area contributed by atoms with Gasteiger partial charge in [0.15, 0.2) is 0 Å². The number of likely N-dealkylation sites (tertiary alicyclic amines) is 1. The highest BCUT2D eigenvalue weighted by molar-refractivity contribution is 5.97. The van der Waals surface area contributed by atoms with Crippen LogP contribution in [0.1, 0.15) is 30.7 Å². The molecule has 1 aliphatic rings. The van der Waals surface area contributed by atoms with Gasteiger partial charge in [-0.3, -0.25) is 9.59 Å². The van der Waals surface area contributed by atoms with Gasteiger partial charge in [0.2, 0.25) is 23.5 Å². The molecule has 33 heavy (non-hydrogen) atoms. The third kappa shape index (κ3) is 5.19. The van der Waals surface area contributed by atoms with Crippen LogP contribution in [-0.4, -0.2) is 46.6 Å². The van der Waals surface area contributed by atoms with Crippen LogP contribution in [-0.2, 0) is 16.0 Å². The van der Waals surface area contributed by atoms with Gasteiger partial charge in [0.25, 0.3) is 0 Å². The average molecular weight is 452 g/mol. The van der Waals surface area contributed by atoms with Crippen molar-refractivity contribution < 1.29 is 23.2 Å². The summed E-state index contributed by atoms with van der Waals surface area (Å²) < 4.78 is 23.9. The third-order valence-electron chi connectivity index (χ3n) is 5.67. The molecule has 0 spiro atoms. The number of anilines is 1. The lowest BCUT2D eigenvalue weighted by atomic mass is 10.1. The Morgan fingerprint density at radius 1 is 1.24 bits per heavy atom. The molecule has 2 amide bonds. The number of amides is 2. The van der Waals surface area contributed by atoms with Crippen molar-refractivity contribution in [3.8, 4) is 17.1 Å². The molecule has 2 aromatic carbocycles. The van der Waals surface area contributed by atoms with Crippen molar-refractivity contribution in [2.75, 3.05) is 19.0 Å². The Kier molecular flexibility index (Phi) is 6.67. The first-order chi connectivity index (χ1) is 15.9. The van der Waals surface area contributed by atoms with E-state index >= 15 is 0 Å². The zero-order chi connectivity index (χ0) is 23.4. The molecule has 1 fully saturated rings. The quantitative estimate of drug-likeness (QED) is 0.586. The average Bonchev–Trinajstić information content (AvgIpc) is 3.50. The maximum atomic E-state index is 13.5. The number of carbonyl (C=O) groups is 2. The zero-order valence-corrected chi connectivity index (χ0v) is 18.5. The zero-order valence-electron chi connectivity index (χ0n) is 18.5. The number of nitrogens with zero attached hydrogens (tertiary/aromatic N) is 3. The minimum Gasteiger partial charge on any atom is -0.497 e. The van der Waals surface area contributed by atoms with Crippen molar-refractivity contribution in [1.29, 1.82) is 0 Å². The fraction of sp³-hybridized carbons (Fsp3) is 0.333. The molecular formula is C24H25FN4O4. The van der Waals surface area contributed by atoms with E-state index in [1.807, 2.05) is 0 Å². The van der Waals surface area contributed by atoms with Crippen LogP contribution >= 0.6 is 0 Å². The molecule has 1 saturated heterocycles. The molecule has 1 N–H and O–H groups in total. The number of rotatable bonds is 7. The molecule has 172 valence electrons. The summed E-state index contributed by atoms with van der Waals surface area (Å²) in [6.45, 7) is 2.19. The van der Waals surface area contributed by atoms with Gasteiger partial charge in [0.1, 0.15) is 17.6 Å². The molecule has 1 aliphatic heterocycles. The van der Waals surface area contributed by atoms with Gasteiger partial charge in [0.05, 0.1) is 7.11 Å². The van der Waals surface area contributed by atoms with Crippen LogP contribution < -0.4 is 10.1 Å². The molecule has 9 heteroatoms. The van der Waals surface area contributed by atoms with Crippen molar-refractivity contribution in [2.45, 2.75) is 38.6 Å². The number of nitrogens with one attached hydrogen (secondary N) is 1. The van der Waals surface area contributed by atoms with E-state index in [4.69, 9.17) is 9.26 Å². The summed E-state index contributed by atoms with van der Waals surface area (Å²) in [5.74, 6) is 0.712. The number of aromatic nitrogens is 2. The Bertz CT molecular complexity index is 1150. The topological polar surface area (TPSA) is 97.6 Å². The molecule has 0 radical (unpaired) electrons. The fourth-order valence-electron chi connectivity index (χ4n) is 3.85. The number of benzene rings is 2. The number of hydrogen-bond donors (Lipinski definition) is 1. The second-order valence-electron chi connectivity index (χ2n) is 7.94. The standard InChI is InChI=1S/C24H25FN4O4/c1-15-14-16(5-10-19(15)25)23-27-21(33-28-23)11-12-22(30)29-13-3-4-20(29)24(31)26-17-6-8-18(32-2)9-7-17/h5-10,14,20H,3-4,11-13H2,1-2H3,(H,26,31). The lowest BCUT2D eigenvalue weighted by Gasteiger charge is -2.24. The number of aryl methyl sites for hydroxylation is 2. The Morgan fingerprint density at radius 2 is 2.03 bits per heavy atom. The molecule has 2 heterocycles. The third-order valence-corrected chi connectivity index (χ3v) is 5.67. The van der Waals surface area contributed by atoms with Crippen LogP contribution in [0, 0.1) is 12.7 Å². The molecule has 1 unspecified atom stereocenters. The fourth-order valence-corrected chi connectivity index (χ4v) is 3.85. The summed E-state index contributed by atoms with van der Waals surface area (Å²) in [6.07, 6.45) is 1.79. The van der Waals surface area contributed by atoms with Crippen molar-refractivity contribution in [3.63, 3.8) is 0 Å². The van der Waals surface area contributed by atoms with Gasteiger partial charge in [0, 0.05) is 30.6 Å². The molecule has 3 aromatic rings. The number of carbonyl (C=O) groups excluding carboxylic acids is 2. The predicted molar refractivity (Wildman–Crippen MR) is 119 cm³/mol. The van der Waals surface area contributed by atoms with Gasteiger partial charge in [-0.1, -0.05) is 5.16 Å². The Hall–Kier alpha value is -3.75. The summed E-state index contributed by atoms with van der Waals surface area (Å²) >= 11 is 0. The van der Waals surface area contributed by atoms with Crippen molar-refractivity contribution in [2.24, 2.45) is 0 Å². The van der Waals surface area contributed by atoms with Crippen LogP contribution in [0.2, 0.25) is 0 Å². The highest BCUT2D eigenvalue weighted by Gasteiger charge is 2.34. The molecule has 1 aromatic heterocycles. The van der Waals surface area contributed by atoms with Crippen LogP contribution in [0.3, 0.4) is 0 Å². The molecule has 0 bridgehead atoms. The summed E-state index contributed by atoms with van der Waals surface area (Å²) in [7, 11) is 1.58. The molecule has 4 rings (SSSR count). The first-order valence-corrected chi connectivity index (χ1v) is 10.8. The summed E-state index contributed by atoms with van der Waals surface area (Å²) in [5, 5.41) is 6.80. The minimum atomic E-state index is -0.514. The SMILES string of the molecule is COc1ccc(NC(=O)C2CCCN2C(=O)CCc2nc(-c3ccc(F)c(C)c3)no2)cc1. The van der Waals surface area contributed by atoms with E-state index in [2.05, 4.69) is 15.5 Å². The molecule has 0 aliphatic carbocycles. The van der Waals surface area contributed by atoms with Gasteiger partial charge < -0.3 is 19.5 Å². The van der Waals surface area contributed by atoms with E-state index in [0.717, 1.165) is 6.42 Å². The number of methoxy groups -OCH3 is 1. The second-order valence-corrected chi connectivity index (χ2v) is 7.94. The van der Waals surface area contributed by atoms with Gasteiger partial charge in [-0.15, -0.1) is 0 Å². The molecular weight excluding hydrogens is 427 g/mol. The van der Waals surface area contributed by atoms with E-state index < -0.39 is 6.04 Å². The van der Waals surface area contributed by atoms with Gasteiger partial charge in [-0.25, -0.2) is 4.39 Å². The van der Waals surface area contributed by atoms with E-state index in [1.165, 1.54) is 6.07 Å². The largest absolute Gasteiger partial charge is 0.497 e. The van der Waals surface area contributed by atoms with Crippen LogP contribution in [0.4, 0.5) is 10.1 Å². The first kappa shape index (κ1) is 22.4. The van der Waals surface area contributed by atoms with E-state index in [0.29, 0.717) is 47.2 Å². The van der Waals surface area contributed by atoms with Gasteiger partial charge in [-0.05, 0) is 67.8 Å². The monoisotopic (exact) mass is 452 g/mol. The summed E-state index contributed by atoms with van der Waals surface area (Å²) in [4.78, 5) is 31.5. The van der Waals surface area contributed by atoms with Crippen LogP contribution in [0.5, 0.6) is 5.75 Å². The maximum Gasteiger partial charge on any atom is 0.247 e. The van der Waals surface area contributed by atoms with E-state index in [1.54, 1.807) is 55.3 Å². The number of hydrogen-bond acceptors (Lipinski definition) is 6. The summed E-state index contributed by atoms with van der Waals surface area (Å²) in [5.41, 5.74) is 1.78. The van der Waals surface area contributed by atoms with Crippen molar-refractivity contribution in [1.82, 2.24) is 15.0 Å². The van der Waals surface area contributed by atoms with Crippen LogP contribution in [0.25, 0.3) is 11.4 Å². The molecule has 8 nitrogen and oxygen atoms in total. The van der Waals surface area contributed by atoms with Gasteiger partial charge in [-0.2, -0.15) is 4.98 Å². The normalized spacial score (nSPS) is 15.5. The number of halogens is 1. The predicted octanol–water partition coefficient (Wildman–Crippen LogP) is 3.76. The number of ether oxygens (including phenoxy) is 1. The minimum absolute atomic E-state index is 0.139. The lowest BCUT2D eigenvalue weighted by molar-refractivity contribution is -0.136. The summed E-state index contributed by atoms with van der Waals surface area (Å²) in [6, 6.07) is 11.1. The highest BCUT2D eigenvalue weighted by atomic mass is 19.1. The maximum absolute atomic E-state index is 13.5. The van der Waals surface area contributed by atoms with Crippen molar-refractivity contribution in [3.05, 3.63) is 59.7 Å². The first-order valence-electron chi connectivity index (χ1n) is 10.8. The Labute approximate surface area is 190 Å². The Morgan fingerprint density at radius 3 is 2.76 bits per heavy atom. The van der Waals surface area contributed by atoms with E-state index in [-0.39, 0.29) is 30.5 Å². The molecule has 1 atom stereocenters. The smallest absolute Gasteiger partial charge is 0.247 e. The van der Waals surface area contributed by atoms with Crippen LogP contribution in [0.15, 0.2) is 47.0 Å².